The molecule has 0 aliphatic heterocycles. The van der Waals surface area contributed by atoms with Crippen LogP contribution in [0.1, 0.15) is 25.0 Å². The lowest BCUT2D eigenvalue weighted by molar-refractivity contribution is -0.118. The lowest BCUT2D eigenvalue weighted by Crippen LogP contribution is -2.02. The van der Waals surface area contributed by atoms with E-state index < -0.39 is 6.10 Å². The number of Topliss-reactive ketones (excluding diaryl/α,β-unsaturated/α-hetero) is 1. The SMILES string of the molecule is CC(=O)CC(O)c1cccc(Br)c1. The molecule has 0 aromatic heterocycles. The molecule has 0 saturated heterocycles. The number of benzene rings is 1. The Bertz CT molecular complexity index is 310. The zero-order chi connectivity index (χ0) is 9.84. The Morgan fingerprint density at radius 1 is 1.62 bits per heavy atom. The van der Waals surface area contributed by atoms with Gasteiger partial charge in [-0.25, -0.2) is 0 Å². The first-order valence-electron chi connectivity index (χ1n) is 4.02. The molecule has 70 valence electrons. The van der Waals surface area contributed by atoms with E-state index in [-0.39, 0.29) is 12.2 Å². The highest BCUT2D eigenvalue weighted by molar-refractivity contribution is 9.10. The van der Waals surface area contributed by atoms with E-state index in [9.17, 15) is 9.90 Å². The van der Waals surface area contributed by atoms with Crippen molar-refractivity contribution in [3.63, 3.8) is 0 Å². The number of carbonyl (C=O) groups is 1. The van der Waals surface area contributed by atoms with Crippen molar-refractivity contribution in [2.24, 2.45) is 0 Å². The summed E-state index contributed by atoms with van der Waals surface area (Å²) >= 11 is 3.30. The summed E-state index contributed by atoms with van der Waals surface area (Å²) in [5, 5.41) is 9.57. The quantitative estimate of drug-likeness (QED) is 0.885. The van der Waals surface area contributed by atoms with Crippen LogP contribution in [0.25, 0.3) is 0 Å². The van der Waals surface area contributed by atoms with Crippen molar-refractivity contribution in [2.75, 3.05) is 0 Å². The van der Waals surface area contributed by atoms with Crippen molar-refractivity contribution in [3.8, 4) is 0 Å². The molecule has 0 saturated carbocycles. The number of hydrogen-bond acceptors (Lipinski definition) is 2. The van der Waals surface area contributed by atoms with E-state index in [1.165, 1.54) is 6.92 Å². The Labute approximate surface area is 85.7 Å². The Kier molecular flexibility index (Phi) is 3.63. The second kappa shape index (κ2) is 4.53. The van der Waals surface area contributed by atoms with Crippen LogP contribution >= 0.6 is 15.9 Å². The number of halogens is 1. The fourth-order valence-electron chi connectivity index (χ4n) is 1.10. The third-order valence-corrected chi connectivity index (χ3v) is 2.21. The zero-order valence-electron chi connectivity index (χ0n) is 7.33. The average molecular weight is 243 g/mol. The highest BCUT2D eigenvalue weighted by Crippen LogP contribution is 2.20. The lowest BCUT2D eigenvalue weighted by atomic mass is 10.1. The normalized spacial score (nSPS) is 12.5. The largest absolute Gasteiger partial charge is 0.388 e. The summed E-state index contributed by atoms with van der Waals surface area (Å²) in [6, 6.07) is 7.33. The highest BCUT2D eigenvalue weighted by atomic mass is 79.9. The van der Waals surface area contributed by atoms with Crippen molar-refractivity contribution >= 4 is 21.7 Å². The molecule has 0 bridgehead atoms. The van der Waals surface area contributed by atoms with Gasteiger partial charge in [0.25, 0.3) is 0 Å². The molecule has 3 heteroatoms. The van der Waals surface area contributed by atoms with Gasteiger partial charge in [0.15, 0.2) is 0 Å². The minimum atomic E-state index is -0.685. The molecule has 0 spiro atoms. The number of aliphatic hydroxyl groups excluding tert-OH is 1. The monoisotopic (exact) mass is 242 g/mol. The summed E-state index contributed by atoms with van der Waals surface area (Å²) < 4.78 is 0.910. The second-order valence-electron chi connectivity index (χ2n) is 2.98. The minimum Gasteiger partial charge on any atom is -0.388 e. The molecule has 2 nitrogen and oxygen atoms in total. The van der Waals surface area contributed by atoms with E-state index in [2.05, 4.69) is 15.9 Å². The van der Waals surface area contributed by atoms with Crippen molar-refractivity contribution in [1.82, 2.24) is 0 Å². The van der Waals surface area contributed by atoms with Crippen LogP contribution < -0.4 is 0 Å². The van der Waals surface area contributed by atoms with E-state index in [0.29, 0.717) is 0 Å². The van der Waals surface area contributed by atoms with Crippen LogP contribution in [0, 0.1) is 0 Å². The van der Waals surface area contributed by atoms with Gasteiger partial charge in [-0.05, 0) is 24.6 Å². The number of aliphatic hydroxyl groups is 1. The summed E-state index contributed by atoms with van der Waals surface area (Å²) in [7, 11) is 0. The number of hydrogen-bond donors (Lipinski definition) is 1. The Hall–Kier alpha value is -0.670. The summed E-state index contributed by atoms with van der Waals surface area (Å²) in [6.07, 6.45) is -0.508. The molecule has 0 aliphatic rings. The molecule has 13 heavy (non-hydrogen) atoms. The molecule has 1 rings (SSSR count). The first kappa shape index (κ1) is 10.4. The Balaban J connectivity index is 2.76. The average Bonchev–Trinajstić information content (AvgIpc) is 2.03. The fraction of sp³-hybridized carbons (Fsp3) is 0.300. The van der Waals surface area contributed by atoms with Crippen LogP contribution in [-0.2, 0) is 4.79 Å². The third kappa shape index (κ3) is 3.28. The van der Waals surface area contributed by atoms with Crippen molar-refractivity contribution in [3.05, 3.63) is 34.3 Å². The predicted octanol–water partition coefficient (Wildman–Crippen LogP) is 2.46. The first-order chi connectivity index (χ1) is 6.09. The van der Waals surface area contributed by atoms with Gasteiger partial charge in [0.1, 0.15) is 5.78 Å². The molecule has 0 fully saturated rings. The minimum absolute atomic E-state index is 0.00697. The van der Waals surface area contributed by atoms with Gasteiger partial charge in [-0.2, -0.15) is 0 Å². The van der Waals surface area contributed by atoms with Crippen LogP contribution in [0.4, 0.5) is 0 Å². The zero-order valence-corrected chi connectivity index (χ0v) is 8.91. The first-order valence-corrected chi connectivity index (χ1v) is 4.82. The number of rotatable bonds is 3. The molecule has 0 radical (unpaired) electrons. The van der Waals surface area contributed by atoms with Gasteiger partial charge >= 0.3 is 0 Å². The molecule has 1 aromatic carbocycles. The molecule has 0 heterocycles. The van der Waals surface area contributed by atoms with Crippen LogP contribution in [0.5, 0.6) is 0 Å². The second-order valence-corrected chi connectivity index (χ2v) is 3.89. The summed E-state index contributed by atoms with van der Waals surface area (Å²) in [4.78, 5) is 10.7. The van der Waals surface area contributed by atoms with E-state index in [0.717, 1.165) is 10.0 Å². The maximum absolute atomic E-state index is 10.7. The molecular weight excluding hydrogens is 232 g/mol. The van der Waals surface area contributed by atoms with E-state index in [1.807, 2.05) is 18.2 Å². The number of ketones is 1. The molecule has 0 amide bonds. The Morgan fingerprint density at radius 3 is 2.85 bits per heavy atom. The van der Waals surface area contributed by atoms with E-state index >= 15 is 0 Å². The van der Waals surface area contributed by atoms with Gasteiger partial charge in [-0.3, -0.25) is 4.79 Å². The van der Waals surface area contributed by atoms with Gasteiger partial charge in [-0.1, -0.05) is 28.1 Å². The molecule has 1 N–H and O–H groups in total. The van der Waals surface area contributed by atoms with Crippen LogP contribution in [0.3, 0.4) is 0 Å². The molecule has 1 aromatic rings. The smallest absolute Gasteiger partial charge is 0.132 e. The van der Waals surface area contributed by atoms with Crippen molar-refractivity contribution in [2.45, 2.75) is 19.4 Å². The van der Waals surface area contributed by atoms with Crippen LogP contribution in [0.15, 0.2) is 28.7 Å². The standard InChI is InChI=1S/C10H11BrO2/c1-7(12)5-10(13)8-3-2-4-9(11)6-8/h2-4,6,10,13H,5H2,1H3. The van der Waals surface area contributed by atoms with E-state index in [4.69, 9.17) is 0 Å². The fourth-order valence-corrected chi connectivity index (χ4v) is 1.52. The van der Waals surface area contributed by atoms with Gasteiger partial charge < -0.3 is 5.11 Å². The van der Waals surface area contributed by atoms with Gasteiger partial charge in [0.05, 0.1) is 6.10 Å². The van der Waals surface area contributed by atoms with Crippen LogP contribution in [0.2, 0.25) is 0 Å². The van der Waals surface area contributed by atoms with Gasteiger partial charge in [0.2, 0.25) is 0 Å². The molecule has 0 aliphatic carbocycles. The van der Waals surface area contributed by atoms with Gasteiger partial charge in [0, 0.05) is 10.9 Å². The summed E-state index contributed by atoms with van der Waals surface area (Å²) in [6.45, 7) is 1.47. The van der Waals surface area contributed by atoms with Crippen LogP contribution in [-0.4, -0.2) is 10.9 Å². The predicted molar refractivity (Wildman–Crippen MR) is 54.4 cm³/mol. The summed E-state index contributed by atoms with van der Waals surface area (Å²) in [5.74, 6) is -0.00697. The maximum Gasteiger partial charge on any atom is 0.132 e. The van der Waals surface area contributed by atoms with Gasteiger partial charge in [-0.15, -0.1) is 0 Å². The maximum atomic E-state index is 10.7. The van der Waals surface area contributed by atoms with Crippen molar-refractivity contribution in [1.29, 1.82) is 0 Å². The lowest BCUT2D eigenvalue weighted by Gasteiger charge is -2.08. The molecular formula is C10H11BrO2. The summed E-state index contributed by atoms with van der Waals surface area (Å²) in [5.41, 5.74) is 0.768. The topological polar surface area (TPSA) is 37.3 Å². The third-order valence-electron chi connectivity index (χ3n) is 1.71. The number of carbonyl (C=O) groups excluding carboxylic acids is 1. The highest BCUT2D eigenvalue weighted by Gasteiger charge is 2.09. The van der Waals surface area contributed by atoms with Crippen molar-refractivity contribution < 1.29 is 9.90 Å². The molecule has 1 atom stereocenters. The Morgan fingerprint density at radius 2 is 2.31 bits per heavy atom. The molecule has 1 unspecified atom stereocenters. The van der Waals surface area contributed by atoms with E-state index in [1.54, 1.807) is 6.07 Å².